The van der Waals surface area contributed by atoms with Crippen LogP contribution in [0.15, 0.2) is 18.2 Å². The maximum absolute atomic E-state index is 11.0. The number of methoxy groups -OCH3 is 1. The van der Waals surface area contributed by atoms with E-state index in [2.05, 4.69) is 5.32 Å². The van der Waals surface area contributed by atoms with Crippen LogP contribution in [0.1, 0.15) is 24.4 Å². The summed E-state index contributed by atoms with van der Waals surface area (Å²) in [5, 5.41) is 3.51. The van der Waals surface area contributed by atoms with E-state index >= 15 is 0 Å². The van der Waals surface area contributed by atoms with Crippen molar-refractivity contribution >= 4 is 10.8 Å². The highest BCUT2D eigenvalue weighted by molar-refractivity contribution is 7.84. The topological polar surface area (TPSA) is 47.6 Å². The van der Waals surface area contributed by atoms with Gasteiger partial charge in [0.05, 0.1) is 13.7 Å². The van der Waals surface area contributed by atoms with Crippen LogP contribution in [0.3, 0.4) is 0 Å². The minimum atomic E-state index is -0.707. The highest BCUT2D eigenvalue weighted by Gasteiger charge is 2.21. The van der Waals surface area contributed by atoms with Crippen molar-refractivity contribution in [3.63, 3.8) is 0 Å². The third-order valence-corrected chi connectivity index (χ3v) is 4.12. The number of fused-ring (bicyclic) bond motifs is 1. The standard InChI is InChI=1S/C14H21NO3S/c1-17-11-4-5-14-12(10-11)13(6-8-18-14)15-7-3-9-19(2)16/h4-5,10,13,15H,3,6-9H2,1-2H3. The molecule has 0 spiro atoms. The maximum Gasteiger partial charge on any atom is 0.124 e. The van der Waals surface area contributed by atoms with Crippen molar-refractivity contribution in [3.8, 4) is 11.5 Å². The minimum Gasteiger partial charge on any atom is -0.497 e. The lowest BCUT2D eigenvalue weighted by atomic mass is 10.00. The van der Waals surface area contributed by atoms with E-state index in [0.29, 0.717) is 6.04 Å². The van der Waals surface area contributed by atoms with Gasteiger partial charge in [0.1, 0.15) is 11.5 Å². The fraction of sp³-hybridized carbons (Fsp3) is 0.571. The van der Waals surface area contributed by atoms with Crippen molar-refractivity contribution in [2.75, 3.05) is 32.3 Å². The monoisotopic (exact) mass is 283 g/mol. The number of nitrogens with one attached hydrogen (secondary N) is 1. The molecule has 1 aromatic rings. The smallest absolute Gasteiger partial charge is 0.124 e. The summed E-state index contributed by atoms with van der Waals surface area (Å²) < 4.78 is 21.9. The summed E-state index contributed by atoms with van der Waals surface area (Å²) in [6.45, 7) is 1.61. The largest absolute Gasteiger partial charge is 0.497 e. The molecular weight excluding hydrogens is 262 g/mol. The van der Waals surface area contributed by atoms with Crippen molar-refractivity contribution < 1.29 is 13.7 Å². The fourth-order valence-electron chi connectivity index (χ4n) is 2.26. The second-order valence-corrected chi connectivity index (χ2v) is 6.23. The van der Waals surface area contributed by atoms with Gasteiger partial charge >= 0.3 is 0 Å². The van der Waals surface area contributed by atoms with Crippen molar-refractivity contribution in [2.45, 2.75) is 18.9 Å². The Morgan fingerprint density at radius 1 is 1.53 bits per heavy atom. The third-order valence-electron chi connectivity index (χ3n) is 3.26. The second kappa shape index (κ2) is 6.91. The summed E-state index contributed by atoms with van der Waals surface area (Å²) in [6, 6.07) is 6.21. The molecule has 1 aliphatic rings. The van der Waals surface area contributed by atoms with Gasteiger partial charge < -0.3 is 14.8 Å². The van der Waals surface area contributed by atoms with Crippen LogP contribution in [-0.2, 0) is 10.8 Å². The van der Waals surface area contributed by atoms with Gasteiger partial charge in [-0.05, 0) is 31.2 Å². The summed E-state index contributed by atoms with van der Waals surface area (Å²) >= 11 is 0. The summed E-state index contributed by atoms with van der Waals surface area (Å²) in [6.07, 6.45) is 3.63. The first-order valence-electron chi connectivity index (χ1n) is 6.55. The van der Waals surface area contributed by atoms with Gasteiger partial charge in [-0.2, -0.15) is 0 Å². The van der Waals surface area contributed by atoms with Gasteiger partial charge in [0.15, 0.2) is 0 Å². The summed E-state index contributed by atoms with van der Waals surface area (Å²) in [5.74, 6) is 2.54. The minimum absolute atomic E-state index is 0.296. The molecule has 19 heavy (non-hydrogen) atoms. The summed E-state index contributed by atoms with van der Waals surface area (Å²) in [5.41, 5.74) is 1.16. The molecule has 0 aromatic heterocycles. The molecule has 1 aromatic carbocycles. The number of ether oxygens (including phenoxy) is 2. The van der Waals surface area contributed by atoms with E-state index < -0.39 is 10.8 Å². The first-order chi connectivity index (χ1) is 9.20. The Bertz CT molecular complexity index is 450. The Morgan fingerprint density at radius 2 is 2.37 bits per heavy atom. The molecule has 0 amide bonds. The predicted octanol–water partition coefficient (Wildman–Crippen LogP) is 1.88. The van der Waals surface area contributed by atoms with Crippen molar-refractivity contribution in [1.82, 2.24) is 5.32 Å². The molecule has 0 bridgehead atoms. The van der Waals surface area contributed by atoms with Gasteiger partial charge in [-0.15, -0.1) is 0 Å². The van der Waals surface area contributed by atoms with Crippen LogP contribution in [0.25, 0.3) is 0 Å². The molecule has 2 unspecified atom stereocenters. The van der Waals surface area contributed by atoms with Gasteiger partial charge in [0.2, 0.25) is 0 Å². The lowest BCUT2D eigenvalue weighted by molar-refractivity contribution is 0.252. The van der Waals surface area contributed by atoms with Gasteiger partial charge in [0, 0.05) is 40.8 Å². The number of hydrogen-bond donors (Lipinski definition) is 1. The fourth-order valence-corrected chi connectivity index (χ4v) is 2.81. The Hall–Kier alpha value is -1.07. The second-order valence-electron chi connectivity index (χ2n) is 4.68. The Labute approximate surface area is 116 Å². The third kappa shape index (κ3) is 3.94. The lowest BCUT2D eigenvalue weighted by Crippen LogP contribution is -2.28. The van der Waals surface area contributed by atoms with Crippen LogP contribution >= 0.6 is 0 Å². The van der Waals surface area contributed by atoms with Crippen molar-refractivity contribution in [1.29, 1.82) is 0 Å². The van der Waals surface area contributed by atoms with Crippen molar-refractivity contribution in [2.24, 2.45) is 0 Å². The molecule has 0 saturated heterocycles. The molecule has 2 rings (SSSR count). The van der Waals surface area contributed by atoms with E-state index in [0.717, 1.165) is 48.8 Å². The zero-order valence-electron chi connectivity index (χ0n) is 11.5. The highest BCUT2D eigenvalue weighted by atomic mass is 32.2. The quantitative estimate of drug-likeness (QED) is 0.810. The SMILES string of the molecule is COc1ccc2c(c1)C(NCCCS(C)=O)CCO2. The van der Waals surface area contributed by atoms with Crippen LogP contribution < -0.4 is 14.8 Å². The first kappa shape index (κ1) is 14.3. The van der Waals surface area contributed by atoms with E-state index in [4.69, 9.17) is 9.47 Å². The molecule has 1 heterocycles. The molecule has 0 radical (unpaired) electrons. The summed E-state index contributed by atoms with van der Waals surface area (Å²) in [4.78, 5) is 0. The van der Waals surface area contributed by atoms with Crippen LogP contribution in [-0.4, -0.2) is 36.5 Å². The van der Waals surface area contributed by atoms with Gasteiger partial charge in [-0.3, -0.25) is 4.21 Å². The highest BCUT2D eigenvalue weighted by Crippen LogP contribution is 2.34. The van der Waals surface area contributed by atoms with Crippen LogP contribution in [0.2, 0.25) is 0 Å². The van der Waals surface area contributed by atoms with Gasteiger partial charge in [-0.25, -0.2) is 0 Å². The molecule has 5 heteroatoms. The van der Waals surface area contributed by atoms with E-state index in [1.54, 1.807) is 13.4 Å². The number of benzene rings is 1. The molecule has 0 fully saturated rings. The lowest BCUT2D eigenvalue weighted by Gasteiger charge is -2.27. The average Bonchev–Trinajstić information content (AvgIpc) is 2.43. The predicted molar refractivity (Wildman–Crippen MR) is 77.4 cm³/mol. The molecule has 1 N–H and O–H groups in total. The molecule has 1 aliphatic heterocycles. The van der Waals surface area contributed by atoms with E-state index in [1.165, 1.54) is 0 Å². The van der Waals surface area contributed by atoms with Crippen LogP contribution in [0.5, 0.6) is 11.5 Å². The van der Waals surface area contributed by atoms with Crippen LogP contribution in [0.4, 0.5) is 0 Å². The molecule has 0 aliphatic carbocycles. The number of rotatable bonds is 6. The Kier molecular flexibility index (Phi) is 5.22. The molecule has 0 saturated carbocycles. The first-order valence-corrected chi connectivity index (χ1v) is 8.27. The van der Waals surface area contributed by atoms with Gasteiger partial charge in [-0.1, -0.05) is 0 Å². The normalized spacial score (nSPS) is 19.4. The van der Waals surface area contributed by atoms with Crippen LogP contribution in [0, 0.1) is 0 Å². The Balaban J connectivity index is 1.98. The Morgan fingerprint density at radius 3 is 3.11 bits per heavy atom. The van der Waals surface area contributed by atoms with E-state index in [-0.39, 0.29) is 0 Å². The molecule has 2 atom stereocenters. The zero-order valence-corrected chi connectivity index (χ0v) is 12.3. The molecule has 106 valence electrons. The molecular formula is C14H21NO3S. The average molecular weight is 283 g/mol. The number of hydrogen-bond acceptors (Lipinski definition) is 4. The van der Waals surface area contributed by atoms with E-state index in [1.807, 2.05) is 18.2 Å². The zero-order chi connectivity index (χ0) is 13.7. The maximum atomic E-state index is 11.0. The summed E-state index contributed by atoms with van der Waals surface area (Å²) in [7, 11) is 0.964. The van der Waals surface area contributed by atoms with Gasteiger partial charge in [0.25, 0.3) is 0 Å². The van der Waals surface area contributed by atoms with E-state index in [9.17, 15) is 4.21 Å². The molecule has 4 nitrogen and oxygen atoms in total. The van der Waals surface area contributed by atoms with Crippen molar-refractivity contribution in [3.05, 3.63) is 23.8 Å².